The molecule has 0 aromatic heterocycles. The second-order valence-electron chi connectivity index (χ2n) is 4.21. The second-order valence-corrected chi connectivity index (χ2v) is 4.21. The first kappa shape index (κ1) is 15.6. The van der Waals surface area contributed by atoms with Gasteiger partial charge in [-0.15, -0.1) is 13.2 Å². The SMILES string of the molecule is C=C.O=C1CCN(C(=O)c2ccc(C(=O)O)cc2)CC1. The lowest BCUT2D eigenvalue weighted by Crippen LogP contribution is -2.38. The molecule has 0 saturated carbocycles. The lowest BCUT2D eigenvalue weighted by molar-refractivity contribution is -0.120. The Balaban J connectivity index is 0.000000956. The molecule has 1 fully saturated rings. The lowest BCUT2D eigenvalue weighted by atomic mass is 10.1. The van der Waals surface area contributed by atoms with Gasteiger partial charge in [-0.05, 0) is 24.3 Å². The van der Waals surface area contributed by atoms with Crippen LogP contribution in [0.4, 0.5) is 0 Å². The average molecular weight is 275 g/mol. The van der Waals surface area contributed by atoms with Gasteiger partial charge in [0.2, 0.25) is 0 Å². The molecule has 1 N–H and O–H groups in total. The minimum Gasteiger partial charge on any atom is -0.478 e. The Morgan fingerprint density at radius 3 is 1.90 bits per heavy atom. The molecule has 0 atom stereocenters. The summed E-state index contributed by atoms with van der Waals surface area (Å²) in [7, 11) is 0. The van der Waals surface area contributed by atoms with Crippen molar-refractivity contribution < 1.29 is 19.5 Å². The van der Waals surface area contributed by atoms with Crippen LogP contribution in [0.2, 0.25) is 0 Å². The number of carbonyl (C=O) groups is 3. The minimum absolute atomic E-state index is 0.153. The second kappa shape index (κ2) is 7.23. The summed E-state index contributed by atoms with van der Waals surface area (Å²) in [4.78, 5) is 35.4. The molecule has 20 heavy (non-hydrogen) atoms. The van der Waals surface area contributed by atoms with Crippen molar-refractivity contribution >= 4 is 17.7 Å². The summed E-state index contributed by atoms with van der Waals surface area (Å²) in [6.45, 7) is 6.89. The van der Waals surface area contributed by atoms with Crippen LogP contribution in [0.15, 0.2) is 37.4 Å². The minimum atomic E-state index is -1.02. The number of rotatable bonds is 2. The van der Waals surface area contributed by atoms with E-state index in [-0.39, 0.29) is 17.3 Å². The quantitative estimate of drug-likeness (QED) is 0.838. The third-order valence-electron chi connectivity index (χ3n) is 2.99. The first-order valence-corrected chi connectivity index (χ1v) is 6.22. The van der Waals surface area contributed by atoms with Gasteiger partial charge < -0.3 is 10.0 Å². The highest BCUT2D eigenvalue weighted by atomic mass is 16.4. The fourth-order valence-electron chi connectivity index (χ4n) is 1.90. The Morgan fingerprint density at radius 1 is 1.00 bits per heavy atom. The van der Waals surface area contributed by atoms with Crippen LogP contribution in [0.3, 0.4) is 0 Å². The summed E-state index contributed by atoms with van der Waals surface area (Å²) in [5, 5.41) is 8.76. The van der Waals surface area contributed by atoms with Crippen molar-refractivity contribution in [2.75, 3.05) is 13.1 Å². The number of amides is 1. The summed E-state index contributed by atoms with van der Waals surface area (Å²) in [5.41, 5.74) is 0.606. The maximum absolute atomic E-state index is 12.1. The number of nitrogens with zero attached hydrogens (tertiary/aromatic N) is 1. The summed E-state index contributed by atoms with van der Waals surface area (Å²) < 4.78 is 0. The molecule has 1 heterocycles. The summed E-state index contributed by atoms with van der Waals surface area (Å²) in [5.74, 6) is -0.989. The third kappa shape index (κ3) is 3.78. The first-order chi connectivity index (χ1) is 9.58. The van der Waals surface area contributed by atoms with Crippen molar-refractivity contribution in [3.8, 4) is 0 Å². The largest absolute Gasteiger partial charge is 0.478 e. The smallest absolute Gasteiger partial charge is 0.335 e. The van der Waals surface area contributed by atoms with Crippen LogP contribution in [0.1, 0.15) is 33.6 Å². The molecule has 1 aromatic rings. The van der Waals surface area contributed by atoms with Crippen LogP contribution < -0.4 is 0 Å². The van der Waals surface area contributed by atoms with E-state index in [2.05, 4.69) is 13.2 Å². The van der Waals surface area contributed by atoms with Gasteiger partial charge in [0, 0.05) is 31.5 Å². The van der Waals surface area contributed by atoms with Gasteiger partial charge in [-0.1, -0.05) is 0 Å². The van der Waals surface area contributed by atoms with Crippen molar-refractivity contribution in [3.05, 3.63) is 48.6 Å². The Labute approximate surface area is 117 Å². The summed E-state index contributed by atoms with van der Waals surface area (Å²) in [6.07, 6.45) is 0.803. The molecule has 1 saturated heterocycles. The van der Waals surface area contributed by atoms with Gasteiger partial charge in [-0.25, -0.2) is 4.79 Å². The van der Waals surface area contributed by atoms with E-state index in [0.717, 1.165) is 0 Å². The van der Waals surface area contributed by atoms with Crippen LogP contribution in [0, 0.1) is 0 Å². The zero-order valence-electron chi connectivity index (χ0n) is 11.2. The van der Waals surface area contributed by atoms with Crippen LogP contribution in [-0.2, 0) is 4.79 Å². The molecule has 1 amide bonds. The molecule has 0 unspecified atom stereocenters. The maximum atomic E-state index is 12.1. The van der Waals surface area contributed by atoms with Crippen LogP contribution in [0.5, 0.6) is 0 Å². The Bertz CT molecular complexity index is 497. The number of hydrogen-bond acceptors (Lipinski definition) is 3. The Morgan fingerprint density at radius 2 is 1.45 bits per heavy atom. The predicted octanol–water partition coefficient (Wildman–Crippen LogP) is 1.99. The molecule has 0 bridgehead atoms. The Kier molecular flexibility index (Phi) is 5.65. The van der Waals surface area contributed by atoms with E-state index in [0.29, 0.717) is 31.5 Å². The predicted molar refractivity (Wildman–Crippen MR) is 74.8 cm³/mol. The molecular formula is C15H17NO4. The lowest BCUT2D eigenvalue weighted by Gasteiger charge is -2.26. The van der Waals surface area contributed by atoms with Gasteiger partial charge in [-0.3, -0.25) is 9.59 Å². The number of Topliss-reactive ketones (excluding diaryl/α,β-unsaturated/α-hetero) is 1. The van der Waals surface area contributed by atoms with Crippen molar-refractivity contribution in [2.45, 2.75) is 12.8 Å². The number of ketones is 1. The van der Waals surface area contributed by atoms with E-state index in [9.17, 15) is 14.4 Å². The molecule has 0 radical (unpaired) electrons. The number of carbonyl (C=O) groups excluding carboxylic acids is 2. The number of piperidine rings is 1. The van der Waals surface area contributed by atoms with Crippen molar-refractivity contribution in [1.29, 1.82) is 0 Å². The zero-order chi connectivity index (χ0) is 15.1. The number of aromatic carboxylic acids is 1. The summed E-state index contributed by atoms with van der Waals surface area (Å²) >= 11 is 0. The number of hydrogen-bond donors (Lipinski definition) is 1. The van der Waals surface area contributed by atoms with E-state index in [1.807, 2.05) is 0 Å². The fraction of sp³-hybridized carbons (Fsp3) is 0.267. The standard InChI is InChI=1S/C13H13NO4.C2H4/c15-11-5-7-14(8-6-11)12(16)9-1-3-10(4-2-9)13(17)18;1-2/h1-4H,5-8H2,(H,17,18);1-2H2. The van der Waals surface area contributed by atoms with Gasteiger partial charge in [-0.2, -0.15) is 0 Å². The fourth-order valence-corrected chi connectivity index (χ4v) is 1.90. The van der Waals surface area contributed by atoms with Gasteiger partial charge in [0.15, 0.2) is 0 Å². The molecule has 0 spiro atoms. The third-order valence-corrected chi connectivity index (χ3v) is 2.99. The van der Waals surface area contributed by atoms with Crippen LogP contribution >= 0.6 is 0 Å². The van der Waals surface area contributed by atoms with E-state index < -0.39 is 5.97 Å². The van der Waals surface area contributed by atoms with Crippen LogP contribution in [-0.4, -0.2) is 40.8 Å². The molecule has 2 rings (SSSR count). The van der Waals surface area contributed by atoms with E-state index in [1.54, 1.807) is 4.90 Å². The van der Waals surface area contributed by atoms with Gasteiger partial charge in [0.05, 0.1) is 5.56 Å². The van der Waals surface area contributed by atoms with Gasteiger partial charge in [0.25, 0.3) is 5.91 Å². The number of benzene rings is 1. The van der Waals surface area contributed by atoms with Gasteiger partial charge >= 0.3 is 5.97 Å². The van der Waals surface area contributed by atoms with E-state index in [1.165, 1.54) is 24.3 Å². The Hall–Kier alpha value is -2.43. The normalized spacial score (nSPS) is 14.2. The highest BCUT2D eigenvalue weighted by molar-refractivity contribution is 5.96. The molecule has 1 aliphatic heterocycles. The molecule has 1 aliphatic rings. The van der Waals surface area contributed by atoms with E-state index in [4.69, 9.17) is 5.11 Å². The van der Waals surface area contributed by atoms with Crippen molar-refractivity contribution in [1.82, 2.24) is 4.90 Å². The highest BCUT2D eigenvalue weighted by Crippen LogP contribution is 2.12. The summed E-state index contributed by atoms with van der Waals surface area (Å²) in [6, 6.07) is 5.82. The number of likely N-dealkylation sites (tertiary alicyclic amines) is 1. The molecule has 0 aliphatic carbocycles. The van der Waals surface area contributed by atoms with Gasteiger partial charge in [0.1, 0.15) is 5.78 Å². The monoisotopic (exact) mass is 275 g/mol. The molecule has 5 nitrogen and oxygen atoms in total. The molecule has 106 valence electrons. The number of carboxylic acid groups (broad SMARTS) is 1. The van der Waals surface area contributed by atoms with E-state index >= 15 is 0 Å². The highest BCUT2D eigenvalue weighted by Gasteiger charge is 2.21. The molecular weight excluding hydrogens is 258 g/mol. The number of carboxylic acids is 1. The maximum Gasteiger partial charge on any atom is 0.335 e. The molecule has 1 aromatic carbocycles. The van der Waals surface area contributed by atoms with Crippen molar-refractivity contribution in [2.24, 2.45) is 0 Å². The molecule has 5 heteroatoms. The zero-order valence-corrected chi connectivity index (χ0v) is 11.2. The topological polar surface area (TPSA) is 74.7 Å². The first-order valence-electron chi connectivity index (χ1n) is 6.22. The van der Waals surface area contributed by atoms with Crippen LogP contribution in [0.25, 0.3) is 0 Å². The van der Waals surface area contributed by atoms with Crippen molar-refractivity contribution in [3.63, 3.8) is 0 Å². The average Bonchev–Trinajstić information content (AvgIpc) is 2.49.